The Labute approximate surface area is 156 Å². The van der Waals surface area contributed by atoms with E-state index >= 15 is 0 Å². The molecule has 0 spiro atoms. The molecule has 3 rings (SSSR count). The number of rotatable bonds is 6. The summed E-state index contributed by atoms with van der Waals surface area (Å²) in [5.41, 5.74) is 2.01. The Hall–Kier alpha value is -2.68. The van der Waals surface area contributed by atoms with E-state index in [4.69, 9.17) is 0 Å². The minimum atomic E-state index is -0.374. The number of anilines is 1. The van der Waals surface area contributed by atoms with E-state index in [0.717, 1.165) is 11.3 Å². The number of hydrogen-bond donors (Lipinski definition) is 1. The maximum atomic E-state index is 12.6. The molecule has 0 aliphatic rings. The van der Waals surface area contributed by atoms with Gasteiger partial charge in [0.05, 0.1) is 17.1 Å². The van der Waals surface area contributed by atoms with E-state index in [1.54, 1.807) is 21.6 Å². The van der Waals surface area contributed by atoms with Crippen molar-refractivity contribution in [1.29, 1.82) is 0 Å². The second-order valence-electron chi connectivity index (χ2n) is 6.21. The smallest absolute Gasteiger partial charge is 0.238 e. The number of tetrazole rings is 1. The Morgan fingerprint density at radius 1 is 1.15 bits per heavy atom. The van der Waals surface area contributed by atoms with Crippen LogP contribution < -0.4 is 5.32 Å². The van der Waals surface area contributed by atoms with Gasteiger partial charge in [0.2, 0.25) is 11.1 Å². The lowest BCUT2D eigenvalue weighted by Gasteiger charge is -2.14. The van der Waals surface area contributed by atoms with E-state index in [9.17, 15) is 4.79 Å². The van der Waals surface area contributed by atoms with Crippen LogP contribution in [0, 0.1) is 6.92 Å². The summed E-state index contributed by atoms with van der Waals surface area (Å²) in [7, 11) is 0. The fourth-order valence-corrected chi connectivity index (χ4v) is 3.17. The largest absolute Gasteiger partial charge is 0.310 e. The highest BCUT2D eigenvalue weighted by atomic mass is 32.2. The molecule has 0 bridgehead atoms. The number of aromatic nitrogens is 6. The molecule has 3 aromatic rings. The molecule has 9 heteroatoms. The molecule has 136 valence electrons. The number of benzene rings is 1. The van der Waals surface area contributed by atoms with Gasteiger partial charge >= 0.3 is 0 Å². The molecule has 0 aliphatic carbocycles. The van der Waals surface area contributed by atoms with Crippen molar-refractivity contribution in [3.8, 4) is 5.69 Å². The van der Waals surface area contributed by atoms with Crippen LogP contribution in [0.2, 0.25) is 0 Å². The number of nitrogens with zero attached hydrogens (tertiary/aromatic N) is 6. The molecule has 1 N–H and O–H groups in total. The van der Waals surface area contributed by atoms with Crippen molar-refractivity contribution in [2.45, 2.75) is 44.1 Å². The number of carbonyl (C=O) groups is 1. The highest BCUT2D eigenvalue weighted by Crippen LogP contribution is 2.24. The van der Waals surface area contributed by atoms with Crippen LogP contribution in [-0.4, -0.2) is 41.1 Å². The number of carbonyl (C=O) groups excluding carboxylic acids is 1. The molecule has 1 amide bonds. The third-order valence-corrected chi connectivity index (χ3v) is 4.81. The van der Waals surface area contributed by atoms with Gasteiger partial charge in [0.1, 0.15) is 5.82 Å². The minimum Gasteiger partial charge on any atom is -0.310 e. The maximum absolute atomic E-state index is 12.6. The molecular formula is C17H21N7OS. The Bertz CT molecular complexity index is 885. The molecule has 26 heavy (non-hydrogen) atoms. The van der Waals surface area contributed by atoms with Gasteiger partial charge in [-0.05, 0) is 50.3 Å². The lowest BCUT2D eigenvalue weighted by atomic mass is 10.2. The van der Waals surface area contributed by atoms with Crippen molar-refractivity contribution < 1.29 is 4.79 Å². The van der Waals surface area contributed by atoms with E-state index in [2.05, 4.69) is 25.9 Å². The number of aryl methyl sites for hydroxylation is 1. The van der Waals surface area contributed by atoms with Crippen molar-refractivity contribution in [2.24, 2.45) is 0 Å². The first-order chi connectivity index (χ1) is 12.5. The SMILES string of the molecule is Cc1ccc(-n2nnnc2SC(C)C(=O)Nc2ccnn2C(C)C)cc1. The second-order valence-corrected chi connectivity index (χ2v) is 7.52. The van der Waals surface area contributed by atoms with Crippen LogP contribution >= 0.6 is 11.8 Å². The lowest BCUT2D eigenvalue weighted by Crippen LogP contribution is -2.25. The molecule has 0 aliphatic heterocycles. The van der Waals surface area contributed by atoms with E-state index < -0.39 is 0 Å². The first kappa shape index (κ1) is 18.1. The molecule has 0 radical (unpaired) electrons. The van der Waals surface area contributed by atoms with Gasteiger partial charge in [-0.1, -0.05) is 29.5 Å². The third-order valence-electron chi connectivity index (χ3n) is 3.78. The highest BCUT2D eigenvalue weighted by molar-refractivity contribution is 8.00. The first-order valence-corrected chi connectivity index (χ1v) is 9.20. The normalized spacial score (nSPS) is 12.3. The number of amides is 1. The standard InChI is InChI=1S/C17H21N7OS/c1-11(2)23-15(9-10-18-23)19-16(25)13(4)26-17-20-21-22-24(17)14-7-5-12(3)6-8-14/h5-11,13H,1-4H3,(H,19,25). The highest BCUT2D eigenvalue weighted by Gasteiger charge is 2.20. The van der Waals surface area contributed by atoms with Gasteiger partial charge < -0.3 is 5.32 Å². The van der Waals surface area contributed by atoms with Crippen LogP contribution in [0.3, 0.4) is 0 Å². The Morgan fingerprint density at radius 3 is 2.58 bits per heavy atom. The third kappa shape index (κ3) is 3.93. The van der Waals surface area contributed by atoms with Gasteiger partial charge in [-0.2, -0.15) is 9.78 Å². The van der Waals surface area contributed by atoms with Crippen LogP contribution in [0.5, 0.6) is 0 Å². The minimum absolute atomic E-state index is 0.129. The van der Waals surface area contributed by atoms with Crippen LogP contribution in [0.4, 0.5) is 5.82 Å². The molecule has 0 saturated heterocycles. The zero-order chi connectivity index (χ0) is 18.7. The Balaban J connectivity index is 1.71. The summed E-state index contributed by atoms with van der Waals surface area (Å²) in [6.45, 7) is 7.87. The summed E-state index contributed by atoms with van der Waals surface area (Å²) in [4.78, 5) is 12.6. The quantitative estimate of drug-likeness (QED) is 0.670. The lowest BCUT2D eigenvalue weighted by molar-refractivity contribution is -0.115. The summed E-state index contributed by atoms with van der Waals surface area (Å²) >= 11 is 1.31. The molecule has 2 aromatic heterocycles. The van der Waals surface area contributed by atoms with E-state index in [-0.39, 0.29) is 17.2 Å². The van der Waals surface area contributed by atoms with Gasteiger partial charge in [-0.15, -0.1) is 5.10 Å². The van der Waals surface area contributed by atoms with Crippen LogP contribution in [0.15, 0.2) is 41.7 Å². The Kier molecular flexibility index (Phi) is 5.36. The predicted octanol–water partition coefficient (Wildman–Crippen LogP) is 2.87. The molecule has 2 heterocycles. The predicted molar refractivity (Wildman–Crippen MR) is 100 cm³/mol. The van der Waals surface area contributed by atoms with Gasteiger partial charge in [0.25, 0.3) is 0 Å². The molecule has 1 atom stereocenters. The fraction of sp³-hybridized carbons (Fsp3) is 0.353. The average Bonchev–Trinajstić information content (AvgIpc) is 3.25. The Morgan fingerprint density at radius 2 is 1.88 bits per heavy atom. The molecule has 1 aromatic carbocycles. The second kappa shape index (κ2) is 7.69. The van der Waals surface area contributed by atoms with E-state index in [1.807, 2.05) is 52.0 Å². The average molecular weight is 371 g/mol. The fourth-order valence-electron chi connectivity index (χ4n) is 2.36. The van der Waals surface area contributed by atoms with Crippen molar-refractivity contribution in [1.82, 2.24) is 30.0 Å². The van der Waals surface area contributed by atoms with E-state index in [1.165, 1.54) is 11.8 Å². The monoisotopic (exact) mass is 371 g/mol. The topological polar surface area (TPSA) is 90.5 Å². The number of hydrogen-bond acceptors (Lipinski definition) is 6. The van der Waals surface area contributed by atoms with Crippen LogP contribution in [0.25, 0.3) is 5.69 Å². The zero-order valence-corrected chi connectivity index (χ0v) is 15.9. The number of nitrogens with one attached hydrogen (secondary N) is 1. The van der Waals surface area contributed by atoms with Crippen molar-refractivity contribution in [3.63, 3.8) is 0 Å². The van der Waals surface area contributed by atoms with Gasteiger partial charge in [0.15, 0.2) is 0 Å². The van der Waals surface area contributed by atoms with E-state index in [0.29, 0.717) is 11.0 Å². The maximum Gasteiger partial charge on any atom is 0.238 e. The van der Waals surface area contributed by atoms with Crippen LogP contribution in [0.1, 0.15) is 32.4 Å². The summed E-state index contributed by atoms with van der Waals surface area (Å²) in [6.07, 6.45) is 1.67. The van der Waals surface area contributed by atoms with Gasteiger partial charge in [-0.3, -0.25) is 4.79 Å². The number of thioether (sulfide) groups is 1. The van der Waals surface area contributed by atoms with Gasteiger partial charge in [-0.25, -0.2) is 4.68 Å². The molecule has 0 fully saturated rings. The van der Waals surface area contributed by atoms with Crippen LogP contribution in [-0.2, 0) is 4.79 Å². The molecule has 8 nitrogen and oxygen atoms in total. The molecular weight excluding hydrogens is 350 g/mol. The summed E-state index contributed by atoms with van der Waals surface area (Å²) in [5.74, 6) is 0.548. The molecule has 0 saturated carbocycles. The molecule has 1 unspecified atom stereocenters. The summed E-state index contributed by atoms with van der Waals surface area (Å²) < 4.78 is 3.40. The first-order valence-electron chi connectivity index (χ1n) is 8.32. The summed E-state index contributed by atoms with van der Waals surface area (Å²) in [5, 5.41) is 19.1. The zero-order valence-electron chi connectivity index (χ0n) is 15.1. The van der Waals surface area contributed by atoms with Gasteiger partial charge in [0, 0.05) is 12.1 Å². The van der Waals surface area contributed by atoms with Crippen molar-refractivity contribution >= 4 is 23.5 Å². The summed E-state index contributed by atoms with van der Waals surface area (Å²) in [6, 6.07) is 9.83. The van der Waals surface area contributed by atoms with Crippen molar-refractivity contribution in [2.75, 3.05) is 5.32 Å². The van der Waals surface area contributed by atoms with Crippen molar-refractivity contribution in [3.05, 3.63) is 42.1 Å².